The van der Waals surface area contributed by atoms with E-state index in [1.165, 1.54) is 6.20 Å². The number of anilines is 1. The third-order valence-electron chi connectivity index (χ3n) is 4.97. The predicted molar refractivity (Wildman–Crippen MR) is 104 cm³/mol. The van der Waals surface area contributed by atoms with Crippen LogP contribution < -0.4 is 4.90 Å². The number of amides is 1. The van der Waals surface area contributed by atoms with Gasteiger partial charge in [0.05, 0.1) is 5.39 Å². The summed E-state index contributed by atoms with van der Waals surface area (Å²) in [6, 6.07) is 0.0540. The van der Waals surface area contributed by atoms with Gasteiger partial charge >= 0.3 is 6.09 Å². The zero-order valence-corrected chi connectivity index (χ0v) is 17.3. The summed E-state index contributed by atoms with van der Waals surface area (Å²) in [4.78, 5) is 28.6. The number of likely N-dealkylation sites (tertiary alicyclic amines) is 1. The van der Waals surface area contributed by atoms with Crippen molar-refractivity contribution < 1.29 is 13.9 Å². The quantitative estimate of drug-likeness (QED) is 0.504. The van der Waals surface area contributed by atoms with Gasteiger partial charge in [-0.3, -0.25) is 0 Å². The molecule has 2 aliphatic rings. The van der Waals surface area contributed by atoms with Gasteiger partial charge in [-0.15, -0.1) is 0 Å². The maximum atomic E-state index is 14.4. The molecule has 2 atom stereocenters. The third-order valence-corrected chi connectivity index (χ3v) is 5.41. The van der Waals surface area contributed by atoms with Gasteiger partial charge in [-0.1, -0.05) is 11.6 Å². The number of aromatic nitrogens is 3. The fourth-order valence-corrected chi connectivity index (χ4v) is 4.22. The van der Waals surface area contributed by atoms with Crippen LogP contribution in [0.2, 0.25) is 10.4 Å². The van der Waals surface area contributed by atoms with Crippen molar-refractivity contribution in [3.63, 3.8) is 0 Å². The van der Waals surface area contributed by atoms with Crippen molar-refractivity contribution in [1.82, 2.24) is 19.9 Å². The summed E-state index contributed by atoms with van der Waals surface area (Å²) in [5.41, 5.74) is -0.504. The molecule has 2 saturated heterocycles. The molecule has 28 heavy (non-hydrogen) atoms. The van der Waals surface area contributed by atoms with Gasteiger partial charge in [0, 0.05) is 31.4 Å². The van der Waals surface area contributed by atoms with E-state index in [2.05, 4.69) is 19.9 Å². The van der Waals surface area contributed by atoms with Crippen LogP contribution >= 0.6 is 23.2 Å². The molecule has 2 bridgehead atoms. The van der Waals surface area contributed by atoms with Crippen LogP contribution in [-0.2, 0) is 4.74 Å². The highest BCUT2D eigenvalue weighted by molar-refractivity contribution is 6.30. The molecule has 4 heterocycles. The molecule has 1 amide bonds. The normalized spacial score (nSPS) is 22.1. The largest absolute Gasteiger partial charge is 0.444 e. The smallest absolute Gasteiger partial charge is 0.410 e. The number of nitrogens with zero attached hydrogens (tertiary/aromatic N) is 5. The van der Waals surface area contributed by atoms with E-state index < -0.39 is 11.4 Å². The van der Waals surface area contributed by atoms with Gasteiger partial charge in [0.25, 0.3) is 0 Å². The van der Waals surface area contributed by atoms with Crippen molar-refractivity contribution >= 4 is 46.0 Å². The summed E-state index contributed by atoms with van der Waals surface area (Å²) in [6.45, 7) is 6.53. The minimum Gasteiger partial charge on any atom is -0.444 e. The lowest BCUT2D eigenvalue weighted by atomic mass is 10.1. The fourth-order valence-electron chi connectivity index (χ4n) is 3.91. The van der Waals surface area contributed by atoms with Crippen LogP contribution in [0, 0.1) is 5.82 Å². The van der Waals surface area contributed by atoms with Crippen molar-refractivity contribution in [3.05, 3.63) is 22.5 Å². The van der Waals surface area contributed by atoms with Crippen molar-refractivity contribution in [3.8, 4) is 0 Å². The first-order chi connectivity index (χ1) is 13.1. The van der Waals surface area contributed by atoms with Gasteiger partial charge < -0.3 is 14.5 Å². The first-order valence-electron chi connectivity index (χ1n) is 9.07. The molecule has 2 aromatic rings. The molecule has 2 fully saturated rings. The Morgan fingerprint density at radius 3 is 2.46 bits per heavy atom. The number of halogens is 3. The number of hydrogen-bond acceptors (Lipinski definition) is 6. The molecule has 2 aliphatic heterocycles. The number of hydrogen-bond donors (Lipinski definition) is 0. The summed E-state index contributed by atoms with van der Waals surface area (Å²) < 4.78 is 19.9. The molecule has 0 N–H and O–H groups in total. The Kier molecular flexibility index (Phi) is 4.74. The van der Waals surface area contributed by atoms with Crippen molar-refractivity contribution in [1.29, 1.82) is 0 Å². The molecular weight excluding hydrogens is 408 g/mol. The first-order valence-corrected chi connectivity index (χ1v) is 9.83. The summed E-state index contributed by atoms with van der Waals surface area (Å²) >= 11 is 11.9. The molecule has 0 saturated carbocycles. The van der Waals surface area contributed by atoms with Gasteiger partial charge in [0.2, 0.25) is 5.28 Å². The number of ether oxygens (including phenoxy) is 1. The lowest BCUT2D eigenvalue weighted by Gasteiger charge is -2.42. The van der Waals surface area contributed by atoms with Gasteiger partial charge in [-0.05, 0) is 45.2 Å². The Labute approximate surface area is 171 Å². The Hall–Kier alpha value is -1.93. The lowest BCUT2D eigenvalue weighted by Crippen LogP contribution is -2.56. The number of piperazine rings is 1. The Bertz CT molecular complexity index is 938. The van der Waals surface area contributed by atoms with Crippen LogP contribution in [-0.4, -0.2) is 56.7 Å². The topological polar surface area (TPSA) is 71.5 Å². The maximum absolute atomic E-state index is 14.4. The standard InChI is InChI=1S/C18H20Cl2FN5O2/c1-18(2,3)28-17(27)25-7-9-4-5-10(8-25)26(9)15-11-6-22-14(19)12(21)13(11)23-16(20)24-15/h6,9-10H,4-5,7-8H2,1-3H3/t9-,10+. The Balaban J connectivity index is 1.67. The average Bonchev–Trinajstić information content (AvgIpc) is 2.85. The van der Waals surface area contributed by atoms with Gasteiger partial charge in [-0.25, -0.2) is 19.2 Å². The predicted octanol–water partition coefficient (Wildman–Crippen LogP) is 4.06. The van der Waals surface area contributed by atoms with Crippen molar-refractivity contribution in [2.24, 2.45) is 0 Å². The van der Waals surface area contributed by atoms with E-state index in [9.17, 15) is 9.18 Å². The average molecular weight is 428 g/mol. The summed E-state index contributed by atoms with van der Waals surface area (Å²) in [5.74, 6) is -0.196. The van der Waals surface area contributed by atoms with Crippen LogP contribution in [0.25, 0.3) is 10.9 Å². The minimum absolute atomic E-state index is 0.0270. The van der Waals surface area contributed by atoms with Crippen LogP contribution in [0.4, 0.5) is 15.0 Å². The van der Waals surface area contributed by atoms with Crippen molar-refractivity contribution in [2.75, 3.05) is 18.0 Å². The molecule has 7 nitrogen and oxygen atoms in total. The van der Waals surface area contributed by atoms with E-state index in [0.717, 1.165) is 12.8 Å². The second kappa shape index (κ2) is 6.84. The molecular formula is C18H20Cl2FN5O2. The molecule has 0 radical (unpaired) electrons. The van der Waals surface area contributed by atoms with Crippen LogP contribution in [0.1, 0.15) is 33.6 Å². The SMILES string of the molecule is CC(C)(C)OC(=O)N1C[C@H]2CC[C@@H](C1)N2c1nc(Cl)nc2c(F)c(Cl)ncc12. The Morgan fingerprint density at radius 2 is 1.86 bits per heavy atom. The number of rotatable bonds is 1. The molecule has 150 valence electrons. The summed E-state index contributed by atoms with van der Waals surface area (Å²) in [5, 5.41) is 0.137. The van der Waals surface area contributed by atoms with E-state index in [1.807, 2.05) is 20.8 Å². The molecule has 0 unspecified atom stereocenters. The van der Waals surface area contributed by atoms with E-state index in [4.69, 9.17) is 27.9 Å². The van der Waals surface area contributed by atoms with E-state index in [1.54, 1.807) is 4.90 Å². The number of carbonyl (C=O) groups is 1. The van der Waals surface area contributed by atoms with Crippen LogP contribution in [0.5, 0.6) is 0 Å². The van der Waals surface area contributed by atoms with Crippen LogP contribution in [0.3, 0.4) is 0 Å². The van der Waals surface area contributed by atoms with Gasteiger partial charge in [0.1, 0.15) is 16.9 Å². The molecule has 0 aromatic carbocycles. The van der Waals surface area contributed by atoms with E-state index in [-0.39, 0.29) is 34.1 Å². The summed E-state index contributed by atoms with van der Waals surface area (Å²) in [7, 11) is 0. The third kappa shape index (κ3) is 3.43. The molecule has 0 spiro atoms. The molecule has 4 rings (SSSR count). The second-order valence-corrected chi connectivity index (χ2v) is 8.82. The zero-order chi connectivity index (χ0) is 20.2. The highest BCUT2D eigenvalue weighted by Gasteiger charge is 2.43. The minimum atomic E-state index is -0.718. The van der Waals surface area contributed by atoms with Gasteiger partial charge in [0.15, 0.2) is 11.0 Å². The lowest BCUT2D eigenvalue weighted by molar-refractivity contribution is 0.0209. The fraction of sp³-hybridized carbons (Fsp3) is 0.556. The van der Waals surface area contributed by atoms with Gasteiger partial charge in [-0.2, -0.15) is 4.98 Å². The second-order valence-electron chi connectivity index (χ2n) is 8.12. The van der Waals surface area contributed by atoms with Crippen molar-refractivity contribution in [2.45, 2.75) is 51.3 Å². The van der Waals surface area contributed by atoms with E-state index in [0.29, 0.717) is 24.3 Å². The molecule has 2 aromatic heterocycles. The molecule has 10 heteroatoms. The molecule has 0 aliphatic carbocycles. The highest BCUT2D eigenvalue weighted by Crippen LogP contribution is 2.38. The zero-order valence-electron chi connectivity index (χ0n) is 15.7. The highest BCUT2D eigenvalue weighted by atomic mass is 35.5. The first kappa shape index (κ1) is 19.4. The monoisotopic (exact) mass is 427 g/mol. The number of carbonyl (C=O) groups excluding carboxylic acids is 1. The summed E-state index contributed by atoms with van der Waals surface area (Å²) in [6.07, 6.45) is 2.91. The number of pyridine rings is 1. The number of fused-ring (bicyclic) bond motifs is 3. The Morgan fingerprint density at radius 1 is 1.21 bits per heavy atom. The van der Waals surface area contributed by atoms with Crippen LogP contribution in [0.15, 0.2) is 6.20 Å². The maximum Gasteiger partial charge on any atom is 0.410 e. The van der Waals surface area contributed by atoms with E-state index >= 15 is 0 Å².